The third-order valence-electron chi connectivity index (χ3n) is 6.10. The fraction of sp³-hybridized carbons (Fsp3) is 0.714. The van der Waals surface area contributed by atoms with Gasteiger partial charge in [-0.25, -0.2) is 0 Å². The van der Waals surface area contributed by atoms with Crippen molar-refractivity contribution < 1.29 is 18.6 Å². The average Bonchev–Trinajstić information content (AvgIpc) is 2.68. The van der Waals surface area contributed by atoms with Gasteiger partial charge in [-0.1, -0.05) is 18.2 Å². The molecule has 28 heavy (non-hydrogen) atoms. The Morgan fingerprint density at radius 3 is 2.61 bits per heavy atom. The standard InChI is InChI=1S/C21H33F2N3O2/c1-24-10-12-26(13-11-24)19-8-9-25(15-17(19)6-4-14-27)16-18-5-2-3-7-20(18)28-21(22)23/h2-3,5,7,17,19,21,27H,4,6,8-16H2,1H3/t17-,19+/m0/s1. The Bertz CT molecular complexity index is 597. The molecule has 0 unspecified atom stereocenters. The predicted molar refractivity (Wildman–Crippen MR) is 106 cm³/mol. The van der Waals surface area contributed by atoms with Crippen LogP contribution in [-0.4, -0.2) is 85.4 Å². The lowest BCUT2D eigenvalue weighted by Crippen LogP contribution is -2.56. The molecule has 1 aromatic carbocycles. The largest absolute Gasteiger partial charge is 0.434 e. The Morgan fingerprint density at radius 2 is 1.89 bits per heavy atom. The number of piperidine rings is 1. The molecule has 1 N–H and O–H groups in total. The van der Waals surface area contributed by atoms with E-state index in [0.29, 0.717) is 18.5 Å². The second-order valence-electron chi connectivity index (χ2n) is 8.04. The fourth-order valence-electron chi connectivity index (χ4n) is 4.60. The van der Waals surface area contributed by atoms with E-state index in [1.165, 1.54) is 0 Å². The summed E-state index contributed by atoms with van der Waals surface area (Å²) < 4.78 is 30.1. The molecule has 158 valence electrons. The van der Waals surface area contributed by atoms with E-state index in [9.17, 15) is 13.9 Å². The molecule has 2 aliphatic rings. The first-order valence-electron chi connectivity index (χ1n) is 10.4. The van der Waals surface area contributed by atoms with Crippen LogP contribution in [0.1, 0.15) is 24.8 Å². The molecule has 2 saturated heterocycles. The number of halogens is 2. The summed E-state index contributed by atoms with van der Waals surface area (Å²) in [5.41, 5.74) is 0.807. The van der Waals surface area contributed by atoms with E-state index >= 15 is 0 Å². The van der Waals surface area contributed by atoms with E-state index in [2.05, 4.69) is 21.7 Å². The van der Waals surface area contributed by atoms with Gasteiger partial charge in [-0.2, -0.15) is 8.78 Å². The molecule has 1 aromatic rings. The Hall–Kier alpha value is -1.28. The highest BCUT2D eigenvalue weighted by Gasteiger charge is 2.34. The summed E-state index contributed by atoms with van der Waals surface area (Å²) in [5, 5.41) is 9.33. The summed E-state index contributed by atoms with van der Waals surface area (Å²) in [7, 11) is 2.17. The van der Waals surface area contributed by atoms with E-state index in [-0.39, 0.29) is 12.4 Å². The number of aliphatic hydroxyl groups is 1. The molecule has 3 rings (SSSR count). The maximum Gasteiger partial charge on any atom is 0.387 e. The number of nitrogens with zero attached hydrogens (tertiary/aromatic N) is 3. The number of rotatable bonds is 8. The van der Waals surface area contributed by atoms with Gasteiger partial charge in [0.2, 0.25) is 0 Å². The van der Waals surface area contributed by atoms with Crippen LogP contribution >= 0.6 is 0 Å². The number of benzene rings is 1. The van der Waals surface area contributed by atoms with Crippen molar-refractivity contribution in [2.75, 3.05) is 52.9 Å². The summed E-state index contributed by atoms with van der Waals surface area (Å²) in [6.45, 7) is 4.32. The molecule has 2 atom stereocenters. The molecule has 0 radical (unpaired) electrons. The lowest BCUT2D eigenvalue weighted by atomic mass is 9.86. The Morgan fingerprint density at radius 1 is 1.14 bits per heavy atom. The zero-order valence-corrected chi connectivity index (χ0v) is 16.8. The molecular weight excluding hydrogens is 364 g/mol. The maximum atomic E-state index is 12.7. The monoisotopic (exact) mass is 397 g/mol. The second-order valence-corrected chi connectivity index (χ2v) is 8.04. The number of ether oxygens (including phenoxy) is 1. The minimum atomic E-state index is -2.80. The molecule has 2 heterocycles. The van der Waals surface area contributed by atoms with Crippen molar-refractivity contribution in [3.8, 4) is 5.75 Å². The Kier molecular flexibility index (Phi) is 8.02. The molecule has 0 amide bonds. The highest BCUT2D eigenvalue weighted by Crippen LogP contribution is 2.29. The predicted octanol–water partition coefficient (Wildman–Crippen LogP) is 2.50. The van der Waals surface area contributed by atoms with Gasteiger partial charge in [-0.05, 0) is 44.8 Å². The van der Waals surface area contributed by atoms with Gasteiger partial charge < -0.3 is 14.7 Å². The van der Waals surface area contributed by atoms with Crippen molar-refractivity contribution in [1.29, 1.82) is 0 Å². The Balaban J connectivity index is 1.64. The molecule has 0 saturated carbocycles. The van der Waals surface area contributed by atoms with E-state index in [0.717, 1.165) is 64.1 Å². The molecular formula is C21H33F2N3O2. The SMILES string of the molecule is CN1CCN([C@@H]2CCN(Cc3ccccc3OC(F)F)C[C@@H]2CCCO)CC1. The van der Waals surface area contributed by atoms with Gasteiger partial charge in [-0.3, -0.25) is 9.80 Å². The lowest BCUT2D eigenvalue weighted by Gasteiger charge is -2.46. The van der Waals surface area contributed by atoms with Crippen molar-refractivity contribution in [3.63, 3.8) is 0 Å². The molecule has 0 bridgehead atoms. The minimum Gasteiger partial charge on any atom is -0.434 e. The summed E-state index contributed by atoms with van der Waals surface area (Å²) >= 11 is 0. The van der Waals surface area contributed by atoms with Gasteiger partial charge in [0, 0.05) is 57.5 Å². The van der Waals surface area contributed by atoms with Crippen LogP contribution in [0.2, 0.25) is 0 Å². The maximum absolute atomic E-state index is 12.7. The molecule has 0 aliphatic carbocycles. The molecule has 7 heteroatoms. The highest BCUT2D eigenvalue weighted by molar-refractivity contribution is 5.33. The van der Waals surface area contributed by atoms with Gasteiger partial charge in [0.05, 0.1) is 0 Å². The molecule has 0 spiro atoms. The summed E-state index contributed by atoms with van der Waals surface area (Å²) in [5.74, 6) is 0.762. The van der Waals surface area contributed by atoms with E-state index in [1.54, 1.807) is 12.1 Å². The second kappa shape index (κ2) is 10.5. The van der Waals surface area contributed by atoms with Crippen molar-refractivity contribution in [2.24, 2.45) is 5.92 Å². The number of aliphatic hydroxyl groups excluding tert-OH is 1. The quantitative estimate of drug-likeness (QED) is 0.730. The van der Waals surface area contributed by atoms with Crippen LogP contribution in [0.3, 0.4) is 0 Å². The van der Waals surface area contributed by atoms with Crippen LogP contribution in [0, 0.1) is 5.92 Å². The van der Waals surface area contributed by atoms with Crippen LogP contribution in [0.25, 0.3) is 0 Å². The average molecular weight is 398 g/mol. The van der Waals surface area contributed by atoms with Gasteiger partial charge in [-0.15, -0.1) is 0 Å². The third-order valence-corrected chi connectivity index (χ3v) is 6.10. The third kappa shape index (κ3) is 5.86. The smallest absolute Gasteiger partial charge is 0.387 e. The van der Waals surface area contributed by atoms with Gasteiger partial charge in [0.15, 0.2) is 0 Å². The van der Waals surface area contributed by atoms with E-state index in [1.807, 2.05) is 12.1 Å². The molecule has 0 aromatic heterocycles. The topological polar surface area (TPSA) is 39.2 Å². The molecule has 2 aliphatic heterocycles. The Labute approximate surface area is 166 Å². The highest BCUT2D eigenvalue weighted by atomic mass is 19.3. The summed E-state index contributed by atoms with van der Waals surface area (Å²) in [6.07, 6.45) is 2.89. The number of piperazine rings is 1. The van der Waals surface area contributed by atoms with Gasteiger partial charge >= 0.3 is 6.61 Å². The summed E-state index contributed by atoms with van der Waals surface area (Å²) in [4.78, 5) is 7.34. The number of hydrogen-bond donors (Lipinski definition) is 1. The van der Waals surface area contributed by atoms with E-state index in [4.69, 9.17) is 4.74 Å². The summed E-state index contributed by atoms with van der Waals surface area (Å²) in [6, 6.07) is 7.62. The number of para-hydroxylation sites is 1. The van der Waals surface area contributed by atoms with Crippen LogP contribution in [-0.2, 0) is 6.54 Å². The number of alkyl halides is 2. The van der Waals surface area contributed by atoms with Crippen LogP contribution in [0.5, 0.6) is 5.75 Å². The van der Waals surface area contributed by atoms with Gasteiger partial charge in [0.25, 0.3) is 0 Å². The molecule has 5 nitrogen and oxygen atoms in total. The first-order chi connectivity index (χ1) is 13.6. The fourth-order valence-corrected chi connectivity index (χ4v) is 4.60. The van der Waals surface area contributed by atoms with Crippen molar-refractivity contribution in [3.05, 3.63) is 29.8 Å². The normalized spacial score (nSPS) is 25.3. The van der Waals surface area contributed by atoms with Crippen LogP contribution in [0.4, 0.5) is 8.78 Å². The van der Waals surface area contributed by atoms with Crippen LogP contribution < -0.4 is 4.74 Å². The zero-order chi connectivity index (χ0) is 19.9. The lowest BCUT2D eigenvalue weighted by molar-refractivity contribution is -0.0510. The number of hydrogen-bond acceptors (Lipinski definition) is 5. The van der Waals surface area contributed by atoms with Crippen molar-refractivity contribution in [2.45, 2.75) is 38.5 Å². The molecule has 2 fully saturated rings. The zero-order valence-electron chi connectivity index (χ0n) is 16.8. The van der Waals surface area contributed by atoms with Crippen LogP contribution in [0.15, 0.2) is 24.3 Å². The number of likely N-dealkylation sites (N-methyl/N-ethyl adjacent to an activating group) is 1. The first kappa shape index (κ1) is 21.4. The number of likely N-dealkylation sites (tertiary alicyclic amines) is 1. The van der Waals surface area contributed by atoms with E-state index < -0.39 is 6.61 Å². The van der Waals surface area contributed by atoms with Crippen molar-refractivity contribution >= 4 is 0 Å². The van der Waals surface area contributed by atoms with Crippen molar-refractivity contribution in [1.82, 2.24) is 14.7 Å². The van der Waals surface area contributed by atoms with Gasteiger partial charge in [0.1, 0.15) is 5.75 Å². The minimum absolute atomic E-state index is 0.219. The first-order valence-corrected chi connectivity index (χ1v) is 10.4.